The summed E-state index contributed by atoms with van der Waals surface area (Å²) in [7, 11) is 1.79. The molecule has 4 aromatic rings. The normalized spacial score (nSPS) is 10.8. The van der Waals surface area contributed by atoms with Gasteiger partial charge in [-0.3, -0.25) is 19.1 Å². The van der Waals surface area contributed by atoms with E-state index in [1.807, 2.05) is 24.4 Å². The number of anilines is 1. The Kier molecular flexibility index (Phi) is 6.18. The number of pyridine rings is 1. The van der Waals surface area contributed by atoms with Crippen LogP contribution in [0.1, 0.15) is 32.8 Å². The summed E-state index contributed by atoms with van der Waals surface area (Å²) in [6, 6.07) is 12.3. The van der Waals surface area contributed by atoms with E-state index in [4.69, 9.17) is 10.7 Å². The number of hydrogen-bond donors (Lipinski definition) is 3. The number of aryl methyl sites for hydroxylation is 2. The molecule has 0 atom stereocenters. The number of nitrogens with one attached hydrogen (secondary N) is 2. The van der Waals surface area contributed by atoms with E-state index in [9.17, 15) is 14.4 Å². The molecule has 9 nitrogen and oxygen atoms in total. The fraction of sp³-hybridized carbons (Fsp3) is 0.174. The molecule has 0 aliphatic carbocycles. The highest BCUT2D eigenvalue weighted by Gasteiger charge is 2.21. The fourth-order valence-corrected chi connectivity index (χ4v) is 4.23. The van der Waals surface area contributed by atoms with Crippen molar-refractivity contribution in [2.24, 2.45) is 12.8 Å². The van der Waals surface area contributed by atoms with E-state index in [0.29, 0.717) is 33.7 Å². The third-order valence-corrected chi connectivity index (χ3v) is 5.96. The lowest BCUT2D eigenvalue weighted by molar-refractivity contribution is -0.117. The highest BCUT2D eigenvalue weighted by atomic mass is 32.1. The molecule has 3 amide bonds. The van der Waals surface area contributed by atoms with Gasteiger partial charge >= 0.3 is 0 Å². The summed E-state index contributed by atoms with van der Waals surface area (Å²) in [4.78, 5) is 42.6. The first-order valence-electron chi connectivity index (χ1n) is 10.2. The zero-order chi connectivity index (χ0) is 23.5. The first-order valence-corrected chi connectivity index (χ1v) is 11.1. The summed E-state index contributed by atoms with van der Waals surface area (Å²) in [5.74, 6) is -1.30. The summed E-state index contributed by atoms with van der Waals surface area (Å²) in [6.07, 6.45) is 0.0288. The number of carbonyl (C=O) groups excluding carboxylic acids is 3. The summed E-state index contributed by atoms with van der Waals surface area (Å²) in [5.41, 5.74) is 8.12. The molecular formula is C23H22N6O3S. The van der Waals surface area contributed by atoms with Crippen LogP contribution >= 0.6 is 11.3 Å². The van der Waals surface area contributed by atoms with E-state index in [1.54, 1.807) is 42.1 Å². The second-order valence-corrected chi connectivity index (χ2v) is 8.36. The molecule has 33 heavy (non-hydrogen) atoms. The maximum atomic E-state index is 13.4. The van der Waals surface area contributed by atoms with Gasteiger partial charge in [0.05, 0.1) is 38.5 Å². The molecule has 3 heterocycles. The Morgan fingerprint density at radius 2 is 1.88 bits per heavy atom. The Hall–Kier alpha value is -4.05. The maximum Gasteiger partial charge on any atom is 0.256 e. The number of nitrogens with two attached hydrogens (primary N) is 1. The number of hydrogen-bond acceptors (Lipinski definition) is 6. The number of carbonyl (C=O) groups is 3. The van der Waals surface area contributed by atoms with Gasteiger partial charge in [-0.25, -0.2) is 4.98 Å². The summed E-state index contributed by atoms with van der Waals surface area (Å²) in [6.45, 7) is 1.94. The second-order valence-electron chi connectivity index (χ2n) is 7.41. The third-order valence-electron chi connectivity index (χ3n) is 5.06. The van der Waals surface area contributed by atoms with Gasteiger partial charge in [0, 0.05) is 20.0 Å². The van der Waals surface area contributed by atoms with E-state index >= 15 is 0 Å². The van der Waals surface area contributed by atoms with Crippen molar-refractivity contribution in [2.75, 3.05) is 11.9 Å². The minimum atomic E-state index is -0.507. The van der Waals surface area contributed by atoms with Crippen LogP contribution in [0.4, 0.5) is 5.69 Å². The topological polar surface area (TPSA) is 132 Å². The summed E-state index contributed by atoms with van der Waals surface area (Å²) in [5, 5.41) is 12.5. The molecule has 0 radical (unpaired) electrons. The van der Waals surface area contributed by atoms with Gasteiger partial charge in [-0.15, -0.1) is 11.3 Å². The molecule has 168 valence electrons. The number of fused-ring (bicyclic) bond motifs is 1. The first kappa shape index (κ1) is 22.2. The van der Waals surface area contributed by atoms with Crippen LogP contribution in [0.25, 0.3) is 21.6 Å². The predicted octanol–water partition coefficient (Wildman–Crippen LogP) is 2.86. The molecule has 0 aliphatic heterocycles. The van der Waals surface area contributed by atoms with Crippen molar-refractivity contribution in [3.63, 3.8) is 0 Å². The standard InChI is InChI=1S/C23H22N6O3S/c1-13-20-15(12-17(18-8-5-11-33-18)26-21(20)29(2)28-13)23(32)27-16-7-4-3-6-14(16)22(31)25-10-9-19(24)30/h3-8,11-12H,9-10H2,1-2H3,(H2,24,30)(H,25,31)(H,27,32). The zero-order valence-electron chi connectivity index (χ0n) is 18.1. The van der Waals surface area contributed by atoms with Crippen molar-refractivity contribution in [3.05, 3.63) is 64.7 Å². The average molecular weight is 463 g/mol. The predicted molar refractivity (Wildman–Crippen MR) is 127 cm³/mol. The molecule has 0 aliphatic rings. The van der Waals surface area contributed by atoms with Crippen LogP contribution in [-0.4, -0.2) is 39.0 Å². The summed E-state index contributed by atoms with van der Waals surface area (Å²) < 4.78 is 1.65. The van der Waals surface area contributed by atoms with Gasteiger partial charge in [0.2, 0.25) is 5.91 Å². The molecular weight excluding hydrogens is 440 g/mol. The monoisotopic (exact) mass is 462 g/mol. The molecule has 4 rings (SSSR count). The minimum absolute atomic E-state index is 0.0288. The molecule has 0 bridgehead atoms. The van der Waals surface area contributed by atoms with Crippen LogP contribution in [0.2, 0.25) is 0 Å². The van der Waals surface area contributed by atoms with E-state index in [1.165, 1.54) is 11.3 Å². The van der Waals surface area contributed by atoms with E-state index < -0.39 is 11.8 Å². The number of amides is 3. The molecule has 0 saturated carbocycles. The molecule has 10 heteroatoms. The van der Waals surface area contributed by atoms with E-state index in [-0.39, 0.29) is 24.4 Å². The number of aromatic nitrogens is 3. The highest BCUT2D eigenvalue weighted by molar-refractivity contribution is 7.13. The number of benzene rings is 1. The van der Waals surface area contributed by atoms with Crippen LogP contribution in [0.3, 0.4) is 0 Å². The van der Waals surface area contributed by atoms with Crippen molar-refractivity contribution in [1.29, 1.82) is 0 Å². The van der Waals surface area contributed by atoms with Crippen LogP contribution in [0, 0.1) is 6.92 Å². The van der Waals surface area contributed by atoms with Crippen molar-refractivity contribution in [1.82, 2.24) is 20.1 Å². The lowest BCUT2D eigenvalue weighted by Gasteiger charge is -2.12. The van der Waals surface area contributed by atoms with Gasteiger partial charge < -0.3 is 16.4 Å². The smallest absolute Gasteiger partial charge is 0.256 e. The maximum absolute atomic E-state index is 13.4. The highest BCUT2D eigenvalue weighted by Crippen LogP contribution is 2.30. The van der Waals surface area contributed by atoms with Crippen LogP contribution in [0.15, 0.2) is 47.8 Å². The van der Waals surface area contributed by atoms with Crippen LogP contribution < -0.4 is 16.4 Å². The van der Waals surface area contributed by atoms with Crippen molar-refractivity contribution >= 4 is 45.8 Å². The molecule has 0 unspecified atom stereocenters. The van der Waals surface area contributed by atoms with E-state index in [2.05, 4.69) is 15.7 Å². The Bertz CT molecular complexity index is 1360. The largest absolute Gasteiger partial charge is 0.370 e. The molecule has 3 aromatic heterocycles. The number of primary amides is 1. The molecule has 1 aromatic carbocycles. The molecule has 0 fully saturated rings. The third kappa shape index (κ3) is 4.60. The van der Waals surface area contributed by atoms with E-state index in [0.717, 1.165) is 4.88 Å². The molecule has 0 saturated heterocycles. The lowest BCUT2D eigenvalue weighted by atomic mass is 10.1. The Balaban J connectivity index is 1.69. The van der Waals surface area contributed by atoms with Gasteiger partial charge in [0.15, 0.2) is 5.65 Å². The Labute approximate surface area is 193 Å². The second kappa shape index (κ2) is 9.21. The average Bonchev–Trinajstić information content (AvgIpc) is 3.42. The first-order chi connectivity index (χ1) is 15.8. The zero-order valence-corrected chi connectivity index (χ0v) is 18.9. The number of rotatable bonds is 7. The van der Waals surface area contributed by atoms with Crippen molar-refractivity contribution < 1.29 is 14.4 Å². The Morgan fingerprint density at radius 1 is 1.09 bits per heavy atom. The molecule has 0 spiro atoms. The van der Waals surface area contributed by atoms with Crippen molar-refractivity contribution in [2.45, 2.75) is 13.3 Å². The Morgan fingerprint density at radius 3 is 2.61 bits per heavy atom. The minimum Gasteiger partial charge on any atom is -0.370 e. The van der Waals surface area contributed by atoms with Gasteiger partial charge in [0.25, 0.3) is 11.8 Å². The number of para-hydroxylation sites is 1. The van der Waals surface area contributed by atoms with Gasteiger partial charge in [-0.05, 0) is 36.6 Å². The number of nitrogens with zero attached hydrogens (tertiary/aromatic N) is 3. The van der Waals surface area contributed by atoms with Gasteiger partial charge in [0.1, 0.15) is 0 Å². The number of thiophene rings is 1. The molecule has 4 N–H and O–H groups in total. The summed E-state index contributed by atoms with van der Waals surface area (Å²) >= 11 is 1.53. The van der Waals surface area contributed by atoms with Gasteiger partial charge in [-0.2, -0.15) is 5.10 Å². The SMILES string of the molecule is Cc1nn(C)c2nc(-c3cccs3)cc(C(=O)Nc3ccccc3C(=O)NCCC(N)=O)c12. The van der Waals surface area contributed by atoms with Crippen molar-refractivity contribution in [3.8, 4) is 10.6 Å². The van der Waals surface area contributed by atoms with Crippen LogP contribution in [-0.2, 0) is 11.8 Å². The lowest BCUT2D eigenvalue weighted by Crippen LogP contribution is -2.28. The van der Waals surface area contributed by atoms with Crippen LogP contribution in [0.5, 0.6) is 0 Å². The quantitative estimate of drug-likeness (QED) is 0.389. The fourth-order valence-electron chi connectivity index (χ4n) is 3.55. The van der Waals surface area contributed by atoms with Gasteiger partial charge in [-0.1, -0.05) is 18.2 Å².